The molecule has 20 heavy (non-hydrogen) atoms. The van der Waals surface area contributed by atoms with Crippen LogP contribution in [0.15, 0.2) is 48.7 Å². The highest BCUT2D eigenvalue weighted by Gasteiger charge is 2.07. The molecule has 0 aliphatic carbocycles. The van der Waals surface area contributed by atoms with Gasteiger partial charge in [-0.25, -0.2) is 4.98 Å². The van der Waals surface area contributed by atoms with E-state index in [4.69, 9.17) is 5.73 Å². The number of amides is 2. The topological polar surface area (TPSA) is 97.1 Å². The van der Waals surface area contributed by atoms with Crippen LogP contribution in [0.1, 0.15) is 10.4 Å². The van der Waals surface area contributed by atoms with Crippen molar-refractivity contribution in [2.75, 3.05) is 17.2 Å². The number of primary amides is 1. The predicted octanol–water partition coefficient (Wildman–Crippen LogP) is 1.23. The zero-order valence-electron chi connectivity index (χ0n) is 10.7. The molecule has 0 bridgehead atoms. The number of nitrogens with two attached hydrogens (primary N) is 1. The van der Waals surface area contributed by atoms with Crippen molar-refractivity contribution in [2.45, 2.75) is 0 Å². The summed E-state index contributed by atoms with van der Waals surface area (Å²) in [5.41, 5.74) is 6.16. The van der Waals surface area contributed by atoms with Crippen LogP contribution in [0.2, 0.25) is 0 Å². The molecule has 0 fully saturated rings. The highest BCUT2D eigenvalue weighted by Crippen LogP contribution is 2.12. The van der Waals surface area contributed by atoms with Crippen LogP contribution in [-0.4, -0.2) is 23.3 Å². The molecule has 0 saturated carbocycles. The molecule has 0 saturated heterocycles. The van der Waals surface area contributed by atoms with Crippen molar-refractivity contribution in [3.8, 4) is 0 Å². The maximum atomic E-state index is 12.0. The Hall–Kier alpha value is -2.89. The lowest BCUT2D eigenvalue weighted by molar-refractivity contribution is -0.116. The van der Waals surface area contributed by atoms with E-state index in [0.29, 0.717) is 17.1 Å². The Morgan fingerprint density at radius 2 is 2.00 bits per heavy atom. The predicted molar refractivity (Wildman–Crippen MR) is 76.3 cm³/mol. The molecule has 0 unspecified atom stereocenters. The van der Waals surface area contributed by atoms with Gasteiger partial charge in [-0.1, -0.05) is 12.1 Å². The number of hydrogen-bond acceptors (Lipinski definition) is 4. The number of nitrogens with one attached hydrogen (secondary N) is 2. The Labute approximate surface area is 116 Å². The Balaban J connectivity index is 2.06. The molecule has 4 N–H and O–H groups in total. The fourth-order valence-corrected chi connectivity index (χ4v) is 1.58. The third-order valence-corrected chi connectivity index (χ3v) is 2.50. The molecule has 2 rings (SSSR count). The first-order valence-electron chi connectivity index (χ1n) is 6.00. The zero-order chi connectivity index (χ0) is 14.4. The van der Waals surface area contributed by atoms with Gasteiger partial charge in [0.25, 0.3) is 5.91 Å². The standard InChI is InChI=1S/C14H14N4O2/c15-12(19)9-17-11-5-3-4-10(8-11)14(20)18-13-6-1-2-7-16-13/h1-8,17H,9H2,(H2,15,19)(H,16,18,20). The monoisotopic (exact) mass is 270 g/mol. The van der Waals surface area contributed by atoms with Crippen LogP contribution in [0.5, 0.6) is 0 Å². The van der Waals surface area contributed by atoms with Crippen molar-refractivity contribution in [3.05, 3.63) is 54.2 Å². The van der Waals surface area contributed by atoms with Gasteiger partial charge < -0.3 is 16.4 Å². The molecule has 2 aromatic rings. The van der Waals surface area contributed by atoms with Gasteiger partial charge in [0, 0.05) is 17.4 Å². The van der Waals surface area contributed by atoms with Crippen molar-refractivity contribution in [1.29, 1.82) is 0 Å². The Kier molecular flexibility index (Phi) is 4.28. The average Bonchev–Trinajstić information content (AvgIpc) is 2.46. The molecule has 0 aliphatic rings. The van der Waals surface area contributed by atoms with Crippen LogP contribution >= 0.6 is 0 Å². The summed E-state index contributed by atoms with van der Waals surface area (Å²) in [5, 5.41) is 5.51. The summed E-state index contributed by atoms with van der Waals surface area (Å²) < 4.78 is 0. The first-order chi connectivity index (χ1) is 9.65. The van der Waals surface area contributed by atoms with Gasteiger partial charge in [-0.05, 0) is 30.3 Å². The highest BCUT2D eigenvalue weighted by atomic mass is 16.2. The maximum absolute atomic E-state index is 12.0. The smallest absolute Gasteiger partial charge is 0.256 e. The lowest BCUT2D eigenvalue weighted by Gasteiger charge is -2.07. The second kappa shape index (κ2) is 6.33. The molecule has 0 radical (unpaired) electrons. The second-order valence-corrected chi connectivity index (χ2v) is 4.07. The SMILES string of the molecule is NC(=O)CNc1cccc(C(=O)Nc2ccccn2)c1. The van der Waals surface area contributed by atoms with Gasteiger partial charge in [-0.15, -0.1) is 0 Å². The van der Waals surface area contributed by atoms with E-state index in [2.05, 4.69) is 15.6 Å². The van der Waals surface area contributed by atoms with Crippen LogP contribution in [-0.2, 0) is 4.79 Å². The minimum atomic E-state index is -0.464. The first-order valence-corrected chi connectivity index (χ1v) is 6.00. The number of carbonyl (C=O) groups is 2. The molecule has 1 aromatic heterocycles. The Morgan fingerprint density at radius 1 is 1.15 bits per heavy atom. The number of hydrogen-bond donors (Lipinski definition) is 3. The van der Waals surface area contributed by atoms with Gasteiger partial charge >= 0.3 is 0 Å². The quantitative estimate of drug-likeness (QED) is 0.761. The van der Waals surface area contributed by atoms with E-state index in [0.717, 1.165) is 0 Å². The molecule has 0 atom stereocenters. The molecule has 0 spiro atoms. The largest absolute Gasteiger partial charge is 0.376 e. The van der Waals surface area contributed by atoms with Crippen molar-refractivity contribution in [3.63, 3.8) is 0 Å². The van der Waals surface area contributed by atoms with Gasteiger partial charge in [-0.3, -0.25) is 9.59 Å². The van der Waals surface area contributed by atoms with Gasteiger partial charge in [0.1, 0.15) is 5.82 Å². The molecular weight excluding hydrogens is 256 g/mol. The maximum Gasteiger partial charge on any atom is 0.256 e. The molecular formula is C14H14N4O2. The van der Waals surface area contributed by atoms with E-state index < -0.39 is 5.91 Å². The molecule has 6 heteroatoms. The van der Waals surface area contributed by atoms with E-state index in [1.54, 1.807) is 48.7 Å². The number of aromatic nitrogens is 1. The molecule has 2 amide bonds. The van der Waals surface area contributed by atoms with E-state index >= 15 is 0 Å². The Bertz CT molecular complexity index is 614. The van der Waals surface area contributed by atoms with Crippen LogP contribution in [0.25, 0.3) is 0 Å². The number of anilines is 2. The van der Waals surface area contributed by atoms with Crippen molar-refractivity contribution >= 4 is 23.3 Å². The Morgan fingerprint density at radius 3 is 2.70 bits per heavy atom. The minimum Gasteiger partial charge on any atom is -0.376 e. The summed E-state index contributed by atoms with van der Waals surface area (Å²) >= 11 is 0. The van der Waals surface area contributed by atoms with Crippen LogP contribution in [0.4, 0.5) is 11.5 Å². The van der Waals surface area contributed by atoms with Crippen molar-refractivity contribution in [1.82, 2.24) is 4.98 Å². The van der Waals surface area contributed by atoms with Gasteiger partial charge in [0.2, 0.25) is 5.91 Å². The normalized spacial score (nSPS) is 9.80. The van der Waals surface area contributed by atoms with Crippen LogP contribution in [0.3, 0.4) is 0 Å². The van der Waals surface area contributed by atoms with Crippen molar-refractivity contribution in [2.24, 2.45) is 5.73 Å². The molecule has 0 aliphatic heterocycles. The fourth-order valence-electron chi connectivity index (χ4n) is 1.58. The van der Waals surface area contributed by atoms with Gasteiger partial charge in [0.15, 0.2) is 0 Å². The average molecular weight is 270 g/mol. The van der Waals surface area contributed by atoms with E-state index in [9.17, 15) is 9.59 Å². The van der Waals surface area contributed by atoms with E-state index in [-0.39, 0.29) is 12.5 Å². The number of rotatable bonds is 5. The number of benzene rings is 1. The molecule has 102 valence electrons. The van der Waals surface area contributed by atoms with Gasteiger partial charge in [0.05, 0.1) is 6.54 Å². The minimum absolute atomic E-state index is 0.0192. The molecule has 6 nitrogen and oxygen atoms in total. The van der Waals surface area contributed by atoms with Crippen LogP contribution in [0, 0.1) is 0 Å². The molecule has 1 aromatic carbocycles. The van der Waals surface area contributed by atoms with Crippen LogP contribution < -0.4 is 16.4 Å². The van der Waals surface area contributed by atoms with Crippen molar-refractivity contribution < 1.29 is 9.59 Å². The number of pyridine rings is 1. The first kappa shape index (κ1) is 13.5. The summed E-state index contributed by atoms with van der Waals surface area (Å²) in [6, 6.07) is 12.0. The van der Waals surface area contributed by atoms with E-state index in [1.807, 2.05) is 0 Å². The third kappa shape index (κ3) is 3.81. The lowest BCUT2D eigenvalue weighted by Crippen LogP contribution is -2.22. The highest BCUT2D eigenvalue weighted by molar-refractivity contribution is 6.04. The molecule has 1 heterocycles. The fraction of sp³-hybridized carbons (Fsp3) is 0.0714. The summed E-state index contributed by atoms with van der Waals surface area (Å²) in [5.74, 6) is -0.257. The zero-order valence-corrected chi connectivity index (χ0v) is 10.7. The summed E-state index contributed by atoms with van der Waals surface area (Å²) in [6.07, 6.45) is 1.60. The summed E-state index contributed by atoms with van der Waals surface area (Å²) in [6.45, 7) is 0.0192. The number of nitrogens with zero attached hydrogens (tertiary/aromatic N) is 1. The van der Waals surface area contributed by atoms with E-state index in [1.165, 1.54) is 0 Å². The summed E-state index contributed by atoms with van der Waals surface area (Å²) in [7, 11) is 0. The third-order valence-electron chi connectivity index (χ3n) is 2.50. The lowest BCUT2D eigenvalue weighted by atomic mass is 10.2. The van der Waals surface area contributed by atoms with Gasteiger partial charge in [-0.2, -0.15) is 0 Å². The second-order valence-electron chi connectivity index (χ2n) is 4.07. The summed E-state index contributed by atoms with van der Waals surface area (Å²) in [4.78, 5) is 26.8. The number of carbonyl (C=O) groups excluding carboxylic acids is 2.